The normalized spacial score (nSPS) is 22.5. The van der Waals surface area contributed by atoms with Crippen molar-refractivity contribution >= 4 is 23.2 Å². The highest BCUT2D eigenvalue weighted by molar-refractivity contribution is 7.15. The number of aryl methyl sites for hydroxylation is 1. The Morgan fingerprint density at radius 3 is 2.88 bits per heavy atom. The van der Waals surface area contributed by atoms with Gasteiger partial charge in [-0.2, -0.15) is 0 Å². The van der Waals surface area contributed by atoms with Crippen molar-refractivity contribution in [3.05, 3.63) is 70.4 Å². The zero-order chi connectivity index (χ0) is 22.5. The summed E-state index contributed by atoms with van der Waals surface area (Å²) in [6, 6.07) is 15.6. The predicted octanol–water partition coefficient (Wildman–Crippen LogP) is 3.94. The molecule has 1 aromatic heterocycles. The maximum absolute atomic E-state index is 13.6. The van der Waals surface area contributed by atoms with Crippen LogP contribution in [0.5, 0.6) is 5.75 Å². The van der Waals surface area contributed by atoms with Gasteiger partial charge in [0.15, 0.2) is 0 Å². The average Bonchev–Trinajstić information content (AvgIpc) is 3.17. The van der Waals surface area contributed by atoms with E-state index in [1.807, 2.05) is 60.4 Å². The second kappa shape index (κ2) is 7.99. The van der Waals surface area contributed by atoms with E-state index in [-0.39, 0.29) is 17.9 Å². The number of benzene rings is 2. The van der Waals surface area contributed by atoms with Crippen molar-refractivity contribution < 1.29 is 14.3 Å². The molecule has 6 rings (SSSR count). The molecule has 7 heteroatoms. The molecule has 168 valence electrons. The number of fused-ring (bicyclic) bond motifs is 2. The minimum absolute atomic E-state index is 0.00471. The number of piperidine rings is 1. The minimum atomic E-state index is -0.0941. The van der Waals surface area contributed by atoms with Gasteiger partial charge in [-0.25, -0.2) is 4.98 Å². The molecule has 1 N–H and O–H groups in total. The summed E-state index contributed by atoms with van der Waals surface area (Å²) >= 11 is 1.55. The Bertz CT molecular complexity index is 1240. The molecule has 1 saturated heterocycles. The molecule has 33 heavy (non-hydrogen) atoms. The highest BCUT2D eigenvalue weighted by atomic mass is 32.1. The van der Waals surface area contributed by atoms with Crippen LogP contribution >= 0.6 is 11.3 Å². The first-order valence-electron chi connectivity index (χ1n) is 11.5. The van der Waals surface area contributed by atoms with Crippen LogP contribution in [0, 0.1) is 18.8 Å². The van der Waals surface area contributed by atoms with Gasteiger partial charge in [-0.1, -0.05) is 36.4 Å². The molecule has 3 aliphatic rings. The molecule has 2 fully saturated rings. The molecule has 2 amide bonds. The number of nitrogens with zero attached hydrogens (tertiary/aromatic N) is 2. The Morgan fingerprint density at radius 2 is 2.03 bits per heavy atom. The molecule has 0 radical (unpaired) electrons. The number of thiazole rings is 1. The lowest BCUT2D eigenvalue weighted by atomic mass is 10.0. The van der Waals surface area contributed by atoms with Gasteiger partial charge in [-0.05, 0) is 42.9 Å². The zero-order valence-electron chi connectivity index (χ0n) is 18.4. The summed E-state index contributed by atoms with van der Waals surface area (Å²) in [6.45, 7) is 3.75. The van der Waals surface area contributed by atoms with Crippen LogP contribution in [-0.2, 0) is 6.42 Å². The molecule has 3 heterocycles. The van der Waals surface area contributed by atoms with Gasteiger partial charge in [0.2, 0.25) is 0 Å². The Kier molecular flexibility index (Phi) is 4.94. The van der Waals surface area contributed by atoms with Gasteiger partial charge in [0.1, 0.15) is 11.4 Å². The molecule has 3 atom stereocenters. The highest BCUT2D eigenvalue weighted by Crippen LogP contribution is 2.50. The summed E-state index contributed by atoms with van der Waals surface area (Å²) < 4.78 is 5.60. The summed E-state index contributed by atoms with van der Waals surface area (Å²) in [7, 11) is 0. The molecule has 0 spiro atoms. The lowest BCUT2D eigenvalue weighted by molar-refractivity contribution is 0.0690. The van der Waals surface area contributed by atoms with Gasteiger partial charge in [0, 0.05) is 30.6 Å². The summed E-state index contributed by atoms with van der Waals surface area (Å²) in [5.74, 6) is 1.67. The number of ether oxygens (including phenoxy) is 1. The molecule has 2 aliphatic heterocycles. The van der Waals surface area contributed by atoms with Gasteiger partial charge < -0.3 is 15.0 Å². The monoisotopic (exact) mass is 459 g/mol. The van der Waals surface area contributed by atoms with Crippen LogP contribution in [0.1, 0.15) is 37.8 Å². The zero-order valence-corrected chi connectivity index (χ0v) is 19.2. The molecule has 1 aliphatic carbocycles. The molecular formula is C26H25N3O3S. The fourth-order valence-electron chi connectivity index (χ4n) is 5.29. The Hall–Kier alpha value is -3.19. The number of likely N-dealkylation sites (tertiary alicyclic amines) is 1. The molecule has 6 nitrogen and oxygen atoms in total. The van der Waals surface area contributed by atoms with Gasteiger partial charge >= 0.3 is 0 Å². The second-order valence-electron chi connectivity index (χ2n) is 9.05. The number of nitrogens with one attached hydrogen (secondary N) is 1. The summed E-state index contributed by atoms with van der Waals surface area (Å²) in [5.41, 5.74) is 3.19. The second-order valence-corrected chi connectivity index (χ2v) is 10.3. The molecular weight excluding hydrogens is 434 g/mol. The first kappa shape index (κ1) is 20.4. The van der Waals surface area contributed by atoms with Crippen molar-refractivity contribution in [3.8, 4) is 16.2 Å². The third-order valence-corrected chi connectivity index (χ3v) is 8.02. The average molecular weight is 460 g/mol. The van der Waals surface area contributed by atoms with Crippen LogP contribution in [0.15, 0.2) is 48.5 Å². The lowest BCUT2D eigenvalue weighted by Crippen LogP contribution is -2.45. The van der Waals surface area contributed by atoms with Gasteiger partial charge in [0.05, 0.1) is 22.5 Å². The fraction of sp³-hybridized carbons (Fsp3) is 0.346. The van der Waals surface area contributed by atoms with E-state index < -0.39 is 0 Å². The molecule has 0 unspecified atom stereocenters. The maximum Gasteiger partial charge on any atom is 0.274 e. The quantitative estimate of drug-likeness (QED) is 0.627. The van der Waals surface area contributed by atoms with Crippen LogP contribution in [0.3, 0.4) is 0 Å². The lowest BCUT2D eigenvalue weighted by Gasteiger charge is -2.27. The van der Waals surface area contributed by atoms with Crippen molar-refractivity contribution in [2.75, 3.05) is 19.7 Å². The summed E-state index contributed by atoms with van der Waals surface area (Å²) in [6.07, 6.45) is 1.88. The van der Waals surface area contributed by atoms with Crippen LogP contribution in [0.2, 0.25) is 0 Å². The van der Waals surface area contributed by atoms with E-state index in [0.717, 1.165) is 46.1 Å². The maximum atomic E-state index is 13.6. The van der Waals surface area contributed by atoms with Crippen LogP contribution in [0.25, 0.3) is 10.4 Å². The van der Waals surface area contributed by atoms with E-state index >= 15 is 0 Å². The van der Waals surface area contributed by atoms with E-state index in [9.17, 15) is 9.59 Å². The van der Waals surface area contributed by atoms with Gasteiger partial charge in [-0.15, -0.1) is 11.3 Å². The van der Waals surface area contributed by atoms with Crippen molar-refractivity contribution in [2.24, 2.45) is 11.8 Å². The van der Waals surface area contributed by atoms with E-state index in [2.05, 4.69) is 10.3 Å². The van der Waals surface area contributed by atoms with Crippen LogP contribution in [0.4, 0.5) is 0 Å². The van der Waals surface area contributed by atoms with Gasteiger partial charge in [-0.3, -0.25) is 9.59 Å². The van der Waals surface area contributed by atoms with Crippen molar-refractivity contribution in [1.29, 1.82) is 0 Å². The van der Waals surface area contributed by atoms with E-state index in [1.54, 1.807) is 11.3 Å². The Morgan fingerprint density at radius 1 is 1.18 bits per heavy atom. The SMILES string of the molecule is Cc1nc(C(=O)N2C[C@@H]3C[C@@H]3[C@H]2CNC(=O)c2cccc3c2CCO3)c(-c2ccccc2)s1. The minimum Gasteiger partial charge on any atom is -0.493 e. The van der Waals surface area contributed by atoms with Crippen molar-refractivity contribution in [1.82, 2.24) is 15.2 Å². The number of carbonyl (C=O) groups excluding carboxylic acids is 2. The first-order valence-corrected chi connectivity index (χ1v) is 12.3. The van der Waals surface area contributed by atoms with E-state index in [4.69, 9.17) is 4.74 Å². The summed E-state index contributed by atoms with van der Waals surface area (Å²) in [5, 5.41) is 3.99. The summed E-state index contributed by atoms with van der Waals surface area (Å²) in [4.78, 5) is 34.1. The fourth-order valence-corrected chi connectivity index (χ4v) is 6.20. The van der Waals surface area contributed by atoms with E-state index in [1.165, 1.54) is 0 Å². The number of rotatable bonds is 5. The number of carbonyl (C=O) groups is 2. The number of hydrogen-bond donors (Lipinski definition) is 1. The molecule has 2 aromatic carbocycles. The first-order chi connectivity index (χ1) is 16.1. The Labute approximate surface area is 196 Å². The third-order valence-electron chi connectivity index (χ3n) is 7.00. The van der Waals surface area contributed by atoms with Crippen LogP contribution in [-0.4, -0.2) is 47.4 Å². The van der Waals surface area contributed by atoms with Gasteiger partial charge in [0.25, 0.3) is 11.8 Å². The highest BCUT2D eigenvalue weighted by Gasteiger charge is 2.54. The van der Waals surface area contributed by atoms with Crippen molar-refractivity contribution in [2.45, 2.75) is 25.8 Å². The standard InChI is InChI=1S/C26H25N3O3S/c1-15-28-23(24(33-15)16-6-3-2-4-7-16)26(31)29-14-17-12-20(17)21(29)13-27-25(30)19-8-5-9-22-18(19)10-11-32-22/h2-9,17,20-21H,10-14H2,1H3,(H,27,30)/t17-,20-,21+/m0/s1. The molecule has 1 saturated carbocycles. The molecule has 3 aromatic rings. The predicted molar refractivity (Wildman–Crippen MR) is 127 cm³/mol. The number of hydrogen-bond acceptors (Lipinski definition) is 5. The van der Waals surface area contributed by atoms with E-state index in [0.29, 0.717) is 36.2 Å². The van der Waals surface area contributed by atoms with Crippen molar-refractivity contribution in [3.63, 3.8) is 0 Å². The Balaban J connectivity index is 1.21. The number of aromatic nitrogens is 1. The van der Waals surface area contributed by atoms with Crippen LogP contribution < -0.4 is 10.1 Å². The smallest absolute Gasteiger partial charge is 0.274 e. The molecule has 0 bridgehead atoms. The number of amides is 2. The topological polar surface area (TPSA) is 71.5 Å². The largest absolute Gasteiger partial charge is 0.493 e. The third kappa shape index (κ3) is 3.60.